The summed E-state index contributed by atoms with van der Waals surface area (Å²) < 4.78 is 7.00. The summed E-state index contributed by atoms with van der Waals surface area (Å²) in [5.41, 5.74) is 2.03. The first-order chi connectivity index (χ1) is 13.6. The Labute approximate surface area is 161 Å². The van der Waals surface area contributed by atoms with Gasteiger partial charge in [-0.05, 0) is 49.2 Å². The van der Waals surface area contributed by atoms with Crippen molar-refractivity contribution in [3.05, 3.63) is 82.2 Å². The second-order valence-electron chi connectivity index (χ2n) is 6.00. The predicted molar refractivity (Wildman–Crippen MR) is 104 cm³/mol. The fraction of sp³-hybridized carbons (Fsp3) is 0.200. The zero-order valence-corrected chi connectivity index (χ0v) is 15.4. The molecule has 3 aromatic rings. The molecule has 1 aromatic heterocycles. The molecule has 0 fully saturated rings. The molecular weight excluding hydrogens is 360 g/mol. The molecule has 28 heavy (non-hydrogen) atoms. The molecule has 0 atom stereocenters. The normalized spacial score (nSPS) is 10.5. The third-order valence-corrected chi connectivity index (χ3v) is 4.12. The second kappa shape index (κ2) is 8.81. The first-order valence-corrected chi connectivity index (χ1v) is 8.87. The van der Waals surface area contributed by atoms with Crippen LogP contribution >= 0.6 is 0 Å². The standard InChI is InChI=1S/C20H20N4O4/c1-2-28-19-9-6-16(14-18(19)24(26)27)20(25)21-12-10-15-4-7-17(8-5-15)23-13-3-11-22-23/h3-9,11,13-14H,2,10,12H2,1H3,(H,21,25). The number of nitrogens with one attached hydrogen (secondary N) is 1. The molecular formula is C20H20N4O4. The van der Waals surface area contributed by atoms with E-state index in [4.69, 9.17) is 4.74 Å². The average molecular weight is 380 g/mol. The molecule has 2 aromatic carbocycles. The van der Waals surface area contributed by atoms with Crippen molar-refractivity contribution >= 4 is 11.6 Å². The number of amides is 1. The Hall–Kier alpha value is -3.68. The summed E-state index contributed by atoms with van der Waals surface area (Å²) in [6, 6.07) is 13.9. The molecule has 0 aliphatic carbocycles. The minimum absolute atomic E-state index is 0.154. The number of carbonyl (C=O) groups excluding carboxylic acids is 1. The van der Waals surface area contributed by atoms with Crippen molar-refractivity contribution in [2.75, 3.05) is 13.2 Å². The van der Waals surface area contributed by atoms with Crippen LogP contribution in [0.5, 0.6) is 5.75 Å². The highest BCUT2D eigenvalue weighted by atomic mass is 16.6. The molecule has 1 amide bonds. The molecule has 0 aliphatic rings. The maximum atomic E-state index is 12.3. The number of hydrogen-bond donors (Lipinski definition) is 1. The predicted octanol–water partition coefficient (Wildman–Crippen LogP) is 3.15. The van der Waals surface area contributed by atoms with Crippen LogP contribution < -0.4 is 10.1 Å². The van der Waals surface area contributed by atoms with Gasteiger partial charge in [0.25, 0.3) is 5.91 Å². The Balaban J connectivity index is 1.58. The van der Waals surface area contributed by atoms with E-state index in [-0.39, 0.29) is 22.9 Å². The van der Waals surface area contributed by atoms with Gasteiger partial charge >= 0.3 is 5.69 Å². The molecule has 1 heterocycles. The topological polar surface area (TPSA) is 99.3 Å². The van der Waals surface area contributed by atoms with Crippen molar-refractivity contribution in [3.8, 4) is 11.4 Å². The number of nitrogens with zero attached hydrogens (tertiary/aromatic N) is 3. The molecule has 0 radical (unpaired) electrons. The van der Waals surface area contributed by atoms with E-state index >= 15 is 0 Å². The smallest absolute Gasteiger partial charge is 0.311 e. The van der Waals surface area contributed by atoms with Gasteiger partial charge in [-0.25, -0.2) is 4.68 Å². The Bertz CT molecular complexity index is 953. The van der Waals surface area contributed by atoms with Crippen molar-refractivity contribution in [1.29, 1.82) is 0 Å². The number of hydrogen-bond acceptors (Lipinski definition) is 5. The zero-order valence-electron chi connectivity index (χ0n) is 15.4. The van der Waals surface area contributed by atoms with Crippen LogP contribution in [0.25, 0.3) is 5.69 Å². The number of carbonyl (C=O) groups is 1. The van der Waals surface area contributed by atoms with E-state index in [9.17, 15) is 14.9 Å². The van der Waals surface area contributed by atoms with Crippen molar-refractivity contribution in [2.45, 2.75) is 13.3 Å². The number of ether oxygens (including phenoxy) is 1. The zero-order chi connectivity index (χ0) is 19.9. The SMILES string of the molecule is CCOc1ccc(C(=O)NCCc2ccc(-n3cccn3)cc2)cc1[N+](=O)[O-]. The third kappa shape index (κ3) is 4.53. The Morgan fingerprint density at radius 3 is 2.68 bits per heavy atom. The number of benzene rings is 2. The van der Waals surface area contributed by atoms with E-state index < -0.39 is 4.92 Å². The van der Waals surface area contributed by atoms with Crippen LogP contribution in [0.2, 0.25) is 0 Å². The van der Waals surface area contributed by atoms with Crippen molar-refractivity contribution in [3.63, 3.8) is 0 Å². The quantitative estimate of drug-likeness (QED) is 0.478. The average Bonchev–Trinajstić information content (AvgIpc) is 3.23. The summed E-state index contributed by atoms with van der Waals surface area (Å²) in [7, 11) is 0. The lowest BCUT2D eigenvalue weighted by atomic mass is 10.1. The van der Waals surface area contributed by atoms with E-state index in [2.05, 4.69) is 10.4 Å². The number of nitro groups is 1. The highest BCUT2D eigenvalue weighted by Gasteiger charge is 2.18. The highest BCUT2D eigenvalue weighted by molar-refractivity contribution is 5.95. The van der Waals surface area contributed by atoms with Crippen LogP contribution in [0, 0.1) is 10.1 Å². The lowest BCUT2D eigenvalue weighted by molar-refractivity contribution is -0.385. The molecule has 0 bridgehead atoms. The van der Waals surface area contributed by atoms with Gasteiger partial charge in [0.05, 0.1) is 17.2 Å². The summed E-state index contributed by atoms with van der Waals surface area (Å²) in [5, 5.41) is 18.1. The van der Waals surface area contributed by atoms with Gasteiger partial charge in [0.2, 0.25) is 0 Å². The van der Waals surface area contributed by atoms with Gasteiger partial charge in [-0.3, -0.25) is 14.9 Å². The van der Waals surface area contributed by atoms with E-state index in [0.717, 1.165) is 11.3 Å². The lowest BCUT2D eigenvalue weighted by Gasteiger charge is -2.08. The van der Waals surface area contributed by atoms with E-state index in [0.29, 0.717) is 19.6 Å². The number of aromatic nitrogens is 2. The van der Waals surface area contributed by atoms with E-state index in [1.807, 2.05) is 36.5 Å². The van der Waals surface area contributed by atoms with Gasteiger partial charge in [-0.1, -0.05) is 12.1 Å². The highest BCUT2D eigenvalue weighted by Crippen LogP contribution is 2.27. The van der Waals surface area contributed by atoms with Gasteiger partial charge in [-0.15, -0.1) is 0 Å². The summed E-state index contributed by atoms with van der Waals surface area (Å²) in [4.78, 5) is 22.9. The molecule has 0 saturated carbocycles. The summed E-state index contributed by atoms with van der Waals surface area (Å²) in [5.74, 6) is -0.208. The minimum Gasteiger partial charge on any atom is -0.487 e. The molecule has 8 heteroatoms. The van der Waals surface area contributed by atoms with Crippen LogP contribution in [0.3, 0.4) is 0 Å². The first kappa shape index (κ1) is 19.1. The monoisotopic (exact) mass is 380 g/mol. The molecule has 0 unspecified atom stereocenters. The fourth-order valence-electron chi connectivity index (χ4n) is 2.74. The molecule has 3 rings (SSSR count). The first-order valence-electron chi connectivity index (χ1n) is 8.87. The maximum absolute atomic E-state index is 12.3. The number of nitro benzene ring substituents is 1. The van der Waals surface area contributed by atoms with Gasteiger partial charge in [0, 0.05) is 30.6 Å². The van der Waals surface area contributed by atoms with Crippen LogP contribution in [-0.2, 0) is 6.42 Å². The van der Waals surface area contributed by atoms with Crippen molar-refractivity contribution in [2.24, 2.45) is 0 Å². The van der Waals surface area contributed by atoms with Crippen molar-refractivity contribution < 1.29 is 14.5 Å². The molecule has 0 aliphatic heterocycles. The summed E-state index contributed by atoms with van der Waals surface area (Å²) in [6.07, 6.45) is 4.23. The Kier molecular flexibility index (Phi) is 6.01. The van der Waals surface area contributed by atoms with E-state index in [1.54, 1.807) is 17.8 Å². The molecule has 0 saturated heterocycles. The van der Waals surface area contributed by atoms with Gasteiger partial charge < -0.3 is 10.1 Å². The van der Waals surface area contributed by atoms with Gasteiger partial charge in [-0.2, -0.15) is 5.10 Å². The van der Waals surface area contributed by atoms with Crippen LogP contribution in [0.1, 0.15) is 22.8 Å². The number of rotatable bonds is 8. The molecule has 144 valence electrons. The second-order valence-corrected chi connectivity index (χ2v) is 6.00. The van der Waals surface area contributed by atoms with Crippen LogP contribution in [0.15, 0.2) is 60.9 Å². The van der Waals surface area contributed by atoms with Crippen LogP contribution in [0.4, 0.5) is 5.69 Å². The largest absolute Gasteiger partial charge is 0.487 e. The molecule has 1 N–H and O–H groups in total. The fourth-order valence-corrected chi connectivity index (χ4v) is 2.74. The molecule has 8 nitrogen and oxygen atoms in total. The summed E-state index contributed by atoms with van der Waals surface area (Å²) in [6.45, 7) is 2.47. The lowest BCUT2D eigenvalue weighted by Crippen LogP contribution is -2.25. The maximum Gasteiger partial charge on any atom is 0.311 e. The Morgan fingerprint density at radius 2 is 2.04 bits per heavy atom. The third-order valence-electron chi connectivity index (χ3n) is 4.12. The van der Waals surface area contributed by atoms with Crippen LogP contribution in [-0.4, -0.2) is 33.8 Å². The van der Waals surface area contributed by atoms with Gasteiger partial charge in [0.1, 0.15) is 0 Å². The Morgan fingerprint density at radius 1 is 1.25 bits per heavy atom. The molecule has 0 spiro atoms. The minimum atomic E-state index is -0.553. The summed E-state index contributed by atoms with van der Waals surface area (Å²) >= 11 is 0. The van der Waals surface area contributed by atoms with Gasteiger partial charge in [0.15, 0.2) is 5.75 Å². The van der Waals surface area contributed by atoms with E-state index in [1.165, 1.54) is 18.2 Å². The van der Waals surface area contributed by atoms with Crippen molar-refractivity contribution in [1.82, 2.24) is 15.1 Å².